The van der Waals surface area contributed by atoms with Gasteiger partial charge in [-0.3, -0.25) is 4.18 Å². The third-order valence-corrected chi connectivity index (χ3v) is 4.81. The van der Waals surface area contributed by atoms with Crippen LogP contribution < -0.4 is 0 Å². The molecule has 2 fully saturated rings. The predicted molar refractivity (Wildman–Crippen MR) is 45.3 cm³/mol. The zero-order chi connectivity index (χ0) is 10.6. The molecule has 82 valence electrons. The van der Waals surface area contributed by atoms with Crippen molar-refractivity contribution in [1.82, 2.24) is 0 Å². The molecule has 2 saturated carbocycles. The lowest BCUT2D eigenvalue weighted by Gasteiger charge is -2.28. The molecule has 0 spiro atoms. The van der Waals surface area contributed by atoms with Crippen LogP contribution in [0.4, 0.5) is 8.78 Å². The van der Waals surface area contributed by atoms with Crippen LogP contribution in [0.5, 0.6) is 0 Å². The summed E-state index contributed by atoms with van der Waals surface area (Å²) in [5.41, 5.74) is -0.380. The van der Waals surface area contributed by atoms with Crippen LogP contribution in [0.25, 0.3) is 0 Å². The van der Waals surface area contributed by atoms with Gasteiger partial charge in [0.25, 0.3) is 0 Å². The van der Waals surface area contributed by atoms with Crippen molar-refractivity contribution >= 4 is 10.1 Å². The molecular weight excluding hydrogens is 214 g/mol. The molecule has 2 aliphatic carbocycles. The molecule has 14 heavy (non-hydrogen) atoms. The monoisotopic (exact) mass is 226 g/mol. The highest BCUT2D eigenvalue weighted by molar-refractivity contribution is 7.87. The van der Waals surface area contributed by atoms with Crippen molar-refractivity contribution in [3.63, 3.8) is 0 Å². The summed E-state index contributed by atoms with van der Waals surface area (Å²) < 4.78 is 52.1. The maximum atomic E-state index is 13.2. The number of fused-ring (bicyclic) bond motifs is 1. The van der Waals surface area contributed by atoms with Crippen LogP contribution in [0.1, 0.15) is 25.7 Å². The molecule has 0 aromatic heterocycles. The third kappa shape index (κ3) is 1.27. The molecule has 0 heterocycles. The topological polar surface area (TPSA) is 43.4 Å². The second kappa shape index (κ2) is 2.66. The highest BCUT2D eigenvalue weighted by atomic mass is 32.2. The van der Waals surface area contributed by atoms with Gasteiger partial charge in [0, 0.05) is 6.42 Å². The number of hydrogen-bond acceptors (Lipinski definition) is 3. The number of halogens is 2. The van der Waals surface area contributed by atoms with E-state index in [0.717, 1.165) is 26.4 Å². The number of rotatable bonds is 4. The summed E-state index contributed by atoms with van der Waals surface area (Å²) in [5, 5.41) is -3.73. The van der Waals surface area contributed by atoms with E-state index in [-0.39, 0.29) is 5.41 Å². The first kappa shape index (κ1) is 10.3. The van der Waals surface area contributed by atoms with Crippen LogP contribution in [0, 0.1) is 11.3 Å². The van der Waals surface area contributed by atoms with Crippen LogP contribution >= 0.6 is 0 Å². The van der Waals surface area contributed by atoms with Gasteiger partial charge in [0.15, 0.2) is 0 Å². The van der Waals surface area contributed by atoms with Gasteiger partial charge in [0.1, 0.15) is 0 Å². The van der Waals surface area contributed by atoms with Gasteiger partial charge < -0.3 is 0 Å². The maximum Gasteiger partial charge on any atom is 0.370 e. The summed E-state index contributed by atoms with van der Waals surface area (Å²) in [6, 6.07) is 0. The van der Waals surface area contributed by atoms with Gasteiger partial charge >= 0.3 is 15.4 Å². The third-order valence-electron chi connectivity index (χ3n) is 3.49. The molecule has 2 aliphatic rings. The van der Waals surface area contributed by atoms with E-state index in [2.05, 4.69) is 4.18 Å². The predicted octanol–water partition coefficient (Wildman–Crippen LogP) is 1.75. The Hall–Kier alpha value is -0.230. The lowest BCUT2D eigenvalue weighted by atomic mass is 9.82. The van der Waals surface area contributed by atoms with Crippen molar-refractivity contribution in [2.75, 3.05) is 7.11 Å². The van der Waals surface area contributed by atoms with Gasteiger partial charge in [0.05, 0.1) is 7.11 Å². The molecule has 0 aromatic rings. The quantitative estimate of drug-likeness (QED) is 0.686. The van der Waals surface area contributed by atoms with Crippen molar-refractivity contribution < 1.29 is 21.4 Å². The van der Waals surface area contributed by atoms with E-state index in [1.165, 1.54) is 0 Å². The molecule has 0 radical (unpaired) electrons. The fraction of sp³-hybridized carbons (Fsp3) is 1.00. The molecule has 2 atom stereocenters. The molecule has 0 aromatic carbocycles. The van der Waals surface area contributed by atoms with E-state index in [9.17, 15) is 17.2 Å². The highest BCUT2D eigenvalue weighted by Crippen LogP contribution is 2.71. The summed E-state index contributed by atoms with van der Waals surface area (Å²) in [6.45, 7) is 0. The van der Waals surface area contributed by atoms with Crippen LogP contribution in [0.3, 0.4) is 0 Å². The molecule has 3 nitrogen and oxygen atoms in total. The van der Waals surface area contributed by atoms with Crippen molar-refractivity contribution in [2.24, 2.45) is 11.3 Å². The lowest BCUT2D eigenvalue weighted by molar-refractivity contribution is 0.0279. The highest BCUT2D eigenvalue weighted by Gasteiger charge is 2.66. The standard InChI is InChI=1S/C8H12F2O3S/c1-13-14(11,12)8(9,10)5-7-3-2-6(7)4-7/h6H,2-5H2,1H3. The van der Waals surface area contributed by atoms with Crippen LogP contribution in [0.15, 0.2) is 0 Å². The Kier molecular flexibility index (Phi) is 1.96. The number of alkyl halides is 2. The minimum absolute atomic E-state index is 0.334. The SMILES string of the molecule is COS(=O)(=O)C(F)(F)CC12CCC1C2. The largest absolute Gasteiger partial charge is 0.370 e. The van der Waals surface area contributed by atoms with Crippen molar-refractivity contribution in [2.45, 2.75) is 30.9 Å². The van der Waals surface area contributed by atoms with Gasteiger partial charge in [0.2, 0.25) is 0 Å². The molecule has 0 N–H and O–H groups in total. The Morgan fingerprint density at radius 2 is 2.21 bits per heavy atom. The van der Waals surface area contributed by atoms with Crippen molar-refractivity contribution in [3.05, 3.63) is 0 Å². The fourth-order valence-corrected chi connectivity index (χ4v) is 3.03. The van der Waals surface area contributed by atoms with E-state index in [0.29, 0.717) is 5.92 Å². The smallest absolute Gasteiger partial charge is 0.269 e. The molecule has 0 aliphatic heterocycles. The van der Waals surface area contributed by atoms with Gasteiger partial charge in [-0.25, -0.2) is 0 Å². The first-order valence-electron chi connectivity index (χ1n) is 4.51. The summed E-state index contributed by atoms with van der Waals surface area (Å²) in [7, 11) is -3.94. The average molecular weight is 226 g/mol. The zero-order valence-corrected chi connectivity index (χ0v) is 8.61. The summed E-state index contributed by atoms with van der Waals surface area (Å²) in [4.78, 5) is 0. The van der Waals surface area contributed by atoms with Gasteiger partial charge in [-0.1, -0.05) is 0 Å². The Bertz CT molecular complexity index is 348. The van der Waals surface area contributed by atoms with Crippen LogP contribution in [-0.2, 0) is 14.3 Å². The zero-order valence-electron chi connectivity index (χ0n) is 7.79. The first-order chi connectivity index (χ1) is 6.33. The summed E-state index contributed by atoms with van der Waals surface area (Å²) >= 11 is 0. The molecular formula is C8H12F2O3S. The normalized spacial score (nSPS) is 36.1. The van der Waals surface area contributed by atoms with E-state index in [1.807, 2.05) is 0 Å². The Morgan fingerprint density at radius 3 is 2.50 bits per heavy atom. The van der Waals surface area contributed by atoms with Gasteiger partial charge in [-0.05, 0) is 30.6 Å². The maximum absolute atomic E-state index is 13.2. The average Bonchev–Trinajstić information content (AvgIpc) is 2.55. The minimum Gasteiger partial charge on any atom is -0.269 e. The molecule has 2 unspecified atom stereocenters. The van der Waals surface area contributed by atoms with Crippen LogP contribution in [0.2, 0.25) is 0 Å². The lowest BCUT2D eigenvalue weighted by Crippen LogP contribution is -2.35. The van der Waals surface area contributed by atoms with Crippen molar-refractivity contribution in [1.29, 1.82) is 0 Å². The molecule has 0 saturated heterocycles. The molecule has 2 rings (SSSR count). The second-order valence-corrected chi connectivity index (χ2v) is 6.08. The van der Waals surface area contributed by atoms with Gasteiger partial charge in [-0.15, -0.1) is 0 Å². The van der Waals surface area contributed by atoms with E-state index < -0.39 is 21.8 Å². The summed E-state index contributed by atoms with van der Waals surface area (Å²) in [5.74, 6) is 0.334. The molecule has 0 amide bonds. The Morgan fingerprint density at radius 1 is 1.57 bits per heavy atom. The Balaban J connectivity index is 2.09. The van der Waals surface area contributed by atoms with E-state index in [1.54, 1.807) is 0 Å². The van der Waals surface area contributed by atoms with Gasteiger partial charge in [-0.2, -0.15) is 17.2 Å². The van der Waals surface area contributed by atoms with Crippen LogP contribution in [-0.4, -0.2) is 20.8 Å². The molecule has 6 heteroatoms. The van der Waals surface area contributed by atoms with E-state index in [4.69, 9.17) is 0 Å². The summed E-state index contributed by atoms with van der Waals surface area (Å²) in [6.07, 6.45) is 1.87. The molecule has 0 bridgehead atoms. The van der Waals surface area contributed by atoms with Crippen molar-refractivity contribution in [3.8, 4) is 0 Å². The minimum atomic E-state index is -4.71. The first-order valence-corrected chi connectivity index (χ1v) is 5.92. The number of hydrogen-bond donors (Lipinski definition) is 0. The van der Waals surface area contributed by atoms with E-state index >= 15 is 0 Å². The fourth-order valence-electron chi connectivity index (χ4n) is 2.32. The Labute approximate surface area is 81.6 Å². The second-order valence-electron chi connectivity index (χ2n) is 4.24.